The van der Waals surface area contributed by atoms with E-state index >= 15 is 0 Å². The molecule has 0 saturated heterocycles. The normalized spacial score (nSPS) is 10.7. The van der Waals surface area contributed by atoms with Gasteiger partial charge < -0.3 is 20.1 Å². The minimum absolute atomic E-state index is 0.0385. The molecular formula is C26H26N6O3. The van der Waals surface area contributed by atoms with Crippen LogP contribution in [0.25, 0.3) is 11.4 Å². The summed E-state index contributed by atoms with van der Waals surface area (Å²) in [5.74, 6) is 2.09. The van der Waals surface area contributed by atoms with E-state index in [0.29, 0.717) is 46.0 Å². The van der Waals surface area contributed by atoms with Crippen molar-refractivity contribution in [3.8, 4) is 28.8 Å². The summed E-state index contributed by atoms with van der Waals surface area (Å²) in [5.41, 5.74) is 2.52. The third-order valence-corrected chi connectivity index (χ3v) is 4.93. The highest BCUT2D eigenvalue weighted by atomic mass is 16.5. The number of ether oxygens (including phenoxy) is 2. The predicted molar refractivity (Wildman–Crippen MR) is 134 cm³/mol. The molecule has 4 rings (SSSR count). The fraction of sp³-hybridized carbons (Fsp3) is 0.192. The standard InChI is InChI=1S/C26H26N6O3/c1-16(2)34-20-8-5-7-19(14-20)31-24(33)18-11-10-17(3)22(13-18)35-25-21(9-6-12-28-25)23-29-15-30-26(27-4)32-23/h5-16H,1-4H3,(H,31,33)(H,27,29,30,32). The van der Waals surface area contributed by atoms with Crippen LogP contribution in [0, 0.1) is 6.92 Å². The molecule has 0 atom stereocenters. The van der Waals surface area contributed by atoms with Gasteiger partial charge in [-0.1, -0.05) is 12.1 Å². The number of nitrogens with zero attached hydrogens (tertiary/aromatic N) is 4. The van der Waals surface area contributed by atoms with Crippen molar-refractivity contribution in [3.05, 3.63) is 78.2 Å². The number of nitrogens with one attached hydrogen (secondary N) is 2. The number of benzene rings is 2. The number of hydrogen-bond acceptors (Lipinski definition) is 8. The van der Waals surface area contributed by atoms with Gasteiger partial charge in [0.2, 0.25) is 11.8 Å². The van der Waals surface area contributed by atoms with E-state index in [2.05, 4.69) is 30.6 Å². The van der Waals surface area contributed by atoms with Gasteiger partial charge in [-0.25, -0.2) is 15.0 Å². The minimum atomic E-state index is -0.270. The number of carbonyl (C=O) groups excluding carboxylic acids is 1. The van der Waals surface area contributed by atoms with Crippen LogP contribution in [0.2, 0.25) is 0 Å². The fourth-order valence-electron chi connectivity index (χ4n) is 3.27. The molecule has 0 aliphatic heterocycles. The second-order valence-corrected chi connectivity index (χ2v) is 7.97. The average Bonchev–Trinajstić information content (AvgIpc) is 2.85. The van der Waals surface area contributed by atoms with Gasteiger partial charge >= 0.3 is 0 Å². The molecule has 0 aliphatic carbocycles. The van der Waals surface area contributed by atoms with E-state index in [-0.39, 0.29) is 12.0 Å². The topological polar surface area (TPSA) is 111 Å². The summed E-state index contributed by atoms with van der Waals surface area (Å²) in [6.07, 6.45) is 3.08. The van der Waals surface area contributed by atoms with Gasteiger partial charge in [-0.3, -0.25) is 4.79 Å². The largest absolute Gasteiger partial charge is 0.491 e. The number of rotatable bonds is 8. The molecular weight excluding hydrogens is 444 g/mol. The van der Waals surface area contributed by atoms with Gasteiger partial charge in [0.25, 0.3) is 5.91 Å². The van der Waals surface area contributed by atoms with Crippen molar-refractivity contribution >= 4 is 17.5 Å². The van der Waals surface area contributed by atoms with Crippen LogP contribution in [0.1, 0.15) is 29.8 Å². The zero-order valence-corrected chi connectivity index (χ0v) is 19.9. The maximum absolute atomic E-state index is 13.0. The molecule has 2 heterocycles. The van der Waals surface area contributed by atoms with E-state index in [0.717, 1.165) is 5.56 Å². The number of aromatic nitrogens is 4. The Labute approximate surface area is 203 Å². The molecule has 0 unspecified atom stereocenters. The van der Waals surface area contributed by atoms with Gasteiger partial charge in [0.05, 0.1) is 11.7 Å². The summed E-state index contributed by atoms with van der Waals surface area (Å²) in [7, 11) is 1.73. The monoisotopic (exact) mass is 470 g/mol. The zero-order chi connectivity index (χ0) is 24.8. The van der Waals surface area contributed by atoms with Crippen molar-refractivity contribution in [2.24, 2.45) is 0 Å². The lowest BCUT2D eigenvalue weighted by molar-refractivity contribution is 0.102. The van der Waals surface area contributed by atoms with Crippen LogP contribution in [-0.2, 0) is 0 Å². The Hall–Kier alpha value is -4.53. The highest BCUT2D eigenvalue weighted by molar-refractivity contribution is 6.04. The number of aryl methyl sites for hydroxylation is 1. The Morgan fingerprint density at radius 3 is 2.66 bits per heavy atom. The van der Waals surface area contributed by atoms with Crippen LogP contribution >= 0.6 is 0 Å². The second kappa shape index (κ2) is 10.6. The Morgan fingerprint density at radius 1 is 1.00 bits per heavy atom. The van der Waals surface area contributed by atoms with Crippen LogP contribution in [0.4, 0.5) is 11.6 Å². The second-order valence-electron chi connectivity index (χ2n) is 7.97. The third kappa shape index (κ3) is 5.89. The molecule has 0 fully saturated rings. The molecule has 1 amide bonds. The van der Waals surface area contributed by atoms with Crippen molar-refractivity contribution in [3.63, 3.8) is 0 Å². The quantitative estimate of drug-likeness (QED) is 0.365. The first-order valence-corrected chi connectivity index (χ1v) is 11.1. The van der Waals surface area contributed by atoms with E-state index in [1.54, 1.807) is 37.5 Å². The molecule has 4 aromatic rings. The number of anilines is 2. The van der Waals surface area contributed by atoms with E-state index in [1.807, 2.05) is 51.1 Å². The molecule has 2 aromatic heterocycles. The third-order valence-electron chi connectivity index (χ3n) is 4.93. The summed E-state index contributed by atoms with van der Waals surface area (Å²) in [6, 6.07) is 16.1. The van der Waals surface area contributed by atoms with Gasteiger partial charge in [0.1, 0.15) is 17.8 Å². The molecule has 9 heteroatoms. The van der Waals surface area contributed by atoms with Crippen molar-refractivity contribution in [2.75, 3.05) is 17.7 Å². The van der Waals surface area contributed by atoms with Gasteiger partial charge in [0.15, 0.2) is 5.82 Å². The summed E-state index contributed by atoms with van der Waals surface area (Å²) in [6.45, 7) is 5.80. The van der Waals surface area contributed by atoms with Gasteiger partial charge in [-0.2, -0.15) is 4.98 Å². The van der Waals surface area contributed by atoms with Crippen LogP contribution in [0.3, 0.4) is 0 Å². The number of amides is 1. The molecule has 178 valence electrons. The van der Waals surface area contributed by atoms with E-state index in [1.165, 1.54) is 6.33 Å². The highest BCUT2D eigenvalue weighted by Gasteiger charge is 2.15. The molecule has 2 aromatic carbocycles. The lowest BCUT2D eigenvalue weighted by atomic mass is 10.1. The summed E-state index contributed by atoms with van der Waals surface area (Å²) < 4.78 is 11.8. The Morgan fingerprint density at radius 2 is 1.86 bits per heavy atom. The van der Waals surface area contributed by atoms with E-state index in [4.69, 9.17) is 9.47 Å². The van der Waals surface area contributed by atoms with Crippen molar-refractivity contribution in [1.29, 1.82) is 0 Å². The molecule has 9 nitrogen and oxygen atoms in total. The van der Waals surface area contributed by atoms with Gasteiger partial charge in [-0.15, -0.1) is 0 Å². The van der Waals surface area contributed by atoms with Crippen LogP contribution < -0.4 is 20.1 Å². The molecule has 0 radical (unpaired) electrons. The molecule has 2 N–H and O–H groups in total. The number of carbonyl (C=O) groups is 1. The number of hydrogen-bond donors (Lipinski definition) is 2. The maximum Gasteiger partial charge on any atom is 0.255 e. The molecule has 0 aliphatic rings. The van der Waals surface area contributed by atoms with Crippen molar-refractivity contribution < 1.29 is 14.3 Å². The minimum Gasteiger partial charge on any atom is -0.491 e. The smallest absolute Gasteiger partial charge is 0.255 e. The highest BCUT2D eigenvalue weighted by Crippen LogP contribution is 2.32. The van der Waals surface area contributed by atoms with E-state index < -0.39 is 0 Å². The lowest BCUT2D eigenvalue weighted by Crippen LogP contribution is -2.12. The Bertz CT molecular complexity index is 1340. The molecule has 35 heavy (non-hydrogen) atoms. The summed E-state index contributed by atoms with van der Waals surface area (Å²) in [5, 5.41) is 5.80. The average molecular weight is 471 g/mol. The van der Waals surface area contributed by atoms with Gasteiger partial charge in [-0.05, 0) is 62.7 Å². The van der Waals surface area contributed by atoms with E-state index in [9.17, 15) is 4.79 Å². The maximum atomic E-state index is 13.0. The molecule has 0 spiro atoms. The predicted octanol–water partition coefficient (Wildman–Crippen LogP) is 5.12. The molecule has 0 bridgehead atoms. The van der Waals surface area contributed by atoms with Gasteiger partial charge in [0, 0.05) is 30.6 Å². The van der Waals surface area contributed by atoms with Crippen LogP contribution in [-0.4, -0.2) is 39.0 Å². The lowest BCUT2D eigenvalue weighted by Gasteiger charge is -2.13. The first-order valence-electron chi connectivity index (χ1n) is 11.1. The summed E-state index contributed by atoms with van der Waals surface area (Å²) >= 11 is 0. The first kappa shape index (κ1) is 23.6. The summed E-state index contributed by atoms with van der Waals surface area (Å²) in [4.78, 5) is 30.0. The Balaban J connectivity index is 1.58. The first-order chi connectivity index (χ1) is 16.9. The zero-order valence-electron chi connectivity index (χ0n) is 19.9. The number of pyridine rings is 1. The molecule has 0 saturated carbocycles. The van der Waals surface area contributed by atoms with Crippen LogP contribution in [0.15, 0.2) is 67.1 Å². The van der Waals surface area contributed by atoms with Crippen LogP contribution in [0.5, 0.6) is 17.4 Å². The fourth-order valence-corrected chi connectivity index (χ4v) is 3.27. The van der Waals surface area contributed by atoms with Crippen molar-refractivity contribution in [1.82, 2.24) is 19.9 Å². The van der Waals surface area contributed by atoms with Crippen molar-refractivity contribution in [2.45, 2.75) is 26.9 Å². The Kier molecular flexibility index (Phi) is 7.15. The SMILES string of the molecule is CNc1ncnc(-c2cccnc2Oc2cc(C(=O)Nc3cccc(OC(C)C)c3)ccc2C)n1.